The molecule has 5 rings (SSSR count). The summed E-state index contributed by atoms with van der Waals surface area (Å²) in [4.78, 5) is 15.8. The molecule has 0 fully saturated rings. The van der Waals surface area contributed by atoms with Gasteiger partial charge in [-0.05, 0) is 37.1 Å². The summed E-state index contributed by atoms with van der Waals surface area (Å²) in [5.41, 5.74) is 9.29. The van der Waals surface area contributed by atoms with Gasteiger partial charge in [0.05, 0.1) is 18.5 Å². The number of nitrogens with one attached hydrogen (secondary N) is 1. The van der Waals surface area contributed by atoms with E-state index in [1.165, 1.54) is 6.07 Å². The van der Waals surface area contributed by atoms with Crippen LogP contribution in [0.4, 0.5) is 10.2 Å². The third-order valence-corrected chi connectivity index (χ3v) is 5.39. The summed E-state index contributed by atoms with van der Waals surface area (Å²) < 4.78 is 22.0. The molecule has 4 aromatic rings. The molecule has 2 aromatic heterocycles. The fraction of sp³-hybridized carbons (Fsp3) is 0.182. The van der Waals surface area contributed by atoms with Crippen LogP contribution in [0.15, 0.2) is 48.9 Å². The van der Waals surface area contributed by atoms with E-state index in [1.54, 1.807) is 47.3 Å². The van der Waals surface area contributed by atoms with Gasteiger partial charge in [0.2, 0.25) is 11.6 Å². The number of carbonyl (C=O) groups excluding carboxylic acids is 1. The van der Waals surface area contributed by atoms with Crippen molar-refractivity contribution in [1.29, 1.82) is 0 Å². The molecule has 0 atom stereocenters. The maximum Gasteiger partial charge on any atom is 0.248 e. The maximum absolute atomic E-state index is 14.5. The first-order chi connectivity index (χ1) is 15.1. The summed E-state index contributed by atoms with van der Waals surface area (Å²) in [7, 11) is 0. The zero-order valence-electron chi connectivity index (χ0n) is 16.5. The molecule has 2 aromatic carbocycles. The highest BCUT2D eigenvalue weighted by atomic mass is 19.1. The topological polar surface area (TPSA) is 107 Å². The van der Waals surface area contributed by atoms with Gasteiger partial charge in [-0.25, -0.2) is 9.37 Å². The van der Waals surface area contributed by atoms with Gasteiger partial charge in [0.15, 0.2) is 5.82 Å². The molecule has 0 saturated carbocycles. The largest absolute Gasteiger partial charge is 0.493 e. The number of hydrogen-bond donors (Lipinski definition) is 2. The molecule has 0 bridgehead atoms. The van der Waals surface area contributed by atoms with Crippen LogP contribution in [0.25, 0.3) is 16.9 Å². The summed E-state index contributed by atoms with van der Waals surface area (Å²) >= 11 is 0. The Morgan fingerprint density at radius 1 is 1.23 bits per heavy atom. The summed E-state index contributed by atoms with van der Waals surface area (Å²) in [6.07, 6.45) is 4.90. The smallest absolute Gasteiger partial charge is 0.248 e. The van der Waals surface area contributed by atoms with E-state index in [-0.39, 0.29) is 12.4 Å². The number of anilines is 1. The Balaban J connectivity index is 1.46. The van der Waals surface area contributed by atoms with Crippen molar-refractivity contribution < 1.29 is 13.9 Å². The lowest BCUT2D eigenvalue weighted by molar-refractivity contribution is 0.100. The van der Waals surface area contributed by atoms with Crippen LogP contribution >= 0.6 is 0 Å². The van der Waals surface area contributed by atoms with Crippen LogP contribution in [0, 0.1) is 5.82 Å². The standard InChI is InChI=1S/C22H19FN6O2/c23-17-7-8-19-15(2-1-9-31-19)16(17)10-25-21-22-28-27-12-29(22)18(11-26-21)13-3-5-14(6-4-13)20(24)30/h3-8,11-12H,1-2,9-10H2,(H2,24,30)(H,25,26). The predicted octanol–water partition coefficient (Wildman–Crippen LogP) is 2.97. The summed E-state index contributed by atoms with van der Waals surface area (Å²) in [6, 6.07) is 10.00. The van der Waals surface area contributed by atoms with Gasteiger partial charge in [0.1, 0.15) is 17.9 Å². The minimum Gasteiger partial charge on any atom is -0.493 e. The first-order valence-electron chi connectivity index (χ1n) is 9.87. The number of fused-ring (bicyclic) bond motifs is 2. The van der Waals surface area contributed by atoms with Gasteiger partial charge >= 0.3 is 0 Å². The number of nitrogens with zero attached hydrogens (tertiary/aromatic N) is 4. The second kappa shape index (κ2) is 7.67. The van der Waals surface area contributed by atoms with Crippen molar-refractivity contribution in [2.24, 2.45) is 5.73 Å². The minimum absolute atomic E-state index is 0.251. The number of amides is 1. The van der Waals surface area contributed by atoms with Crippen molar-refractivity contribution >= 4 is 17.4 Å². The van der Waals surface area contributed by atoms with Gasteiger partial charge in [-0.3, -0.25) is 9.20 Å². The minimum atomic E-state index is -0.487. The Labute approximate surface area is 176 Å². The van der Waals surface area contributed by atoms with E-state index in [4.69, 9.17) is 10.5 Å². The summed E-state index contributed by atoms with van der Waals surface area (Å²) in [5.74, 6) is 0.461. The molecule has 8 nitrogen and oxygen atoms in total. The fourth-order valence-corrected chi connectivity index (χ4v) is 3.81. The Hall–Kier alpha value is -4.01. The average Bonchev–Trinajstić information content (AvgIpc) is 3.29. The maximum atomic E-state index is 14.5. The molecule has 0 radical (unpaired) electrons. The molecule has 0 unspecified atom stereocenters. The van der Waals surface area contributed by atoms with Crippen molar-refractivity contribution in [3.63, 3.8) is 0 Å². The number of primary amides is 1. The van der Waals surface area contributed by atoms with Gasteiger partial charge < -0.3 is 15.8 Å². The van der Waals surface area contributed by atoms with Crippen LogP contribution in [0.2, 0.25) is 0 Å². The molecule has 9 heteroatoms. The van der Waals surface area contributed by atoms with Crippen LogP contribution in [0.3, 0.4) is 0 Å². The van der Waals surface area contributed by atoms with Gasteiger partial charge in [-0.15, -0.1) is 10.2 Å². The van der Waals surface area contributed by atoms with Crippen LogP contribution in [-0.4, -0.2) is 32.1 Å². The van der Waals surface area contributed by atoms with E-state index in [2.05, 4.69) is 20.5 Å². The highest BCUT2D eigenvalue weighted by molar-refractivity contribution is 5.93. The van der Waals surface area contributed by atoms with Crippen LogP contribution < -0.4 is 15.8 Å². The van der Waals surface area contributed by atoms with Crippen molar-refractivity contribution in [1.82, 2.24) is 19.6 Å². The van der Waals surface area contributed by atoms with Crippen LogP contribution in [-0.2, 0) is 13.0 Å². The Kier molecular flexibility index (Phi) is 4.70. The lowest BCUT2D eigenvalue weighted by atomic mass is 9.99. The Morgan fingerprint density at radius 3 is 2.87 bits per heavy atom. The molecule has 1 aliphatic rings. The number of nitrogens with two attached hydrogens (primary N) is 1. The lowest BCUT2D eigenvalue weighted by Crippen LogP contribution is -2.14. The molecule has 3 heterocycles. The first-order valence-corrected chi connectivity index (χ1v) is 9.87. The van der Waals surface area contributed by atoms with Crippen LogP contribution in [0.1, 0.15) is 27.9 Å². The van der Waals surface area contributed by atoms with Gasteiger partial charge in [0.25, 0.3) is 0 Å². The van der Waals surface area contributed by atoms with E-state index in [0.29, 0.717) is 29.2 Å². The zero-order chi connectivity index (χ0) is 21.4. The Bertz CT molecular complexity index is 1290. The number of hydrogen-bond acceptors (Lipinski definition) is 6. The number of halogens is 1. The molecule has 3 N–H and O–H groups in total. The number of rotatable bonds is 5. The first kappa shape index (κ1) is 19.0. The van der Waals surface area contributed by atoms with Gasteiger partial charge in [-0.2, -0.15) is 0 Å². The van der Waals surface area contributed by atoms with Gasteiger partial charge in [-0.1, -0.05) is 12.1 Å². The number of carbonyl (C=O) groups is 1. The van der Waals surface area contributed by atoms with Crippen molar-refractivity contribution in [3.05, 3.63) is 71.4 Å². The quantitative estimate of drug-likeness (QED) is 0.516. The fourth-order valence-electron chi connectivity index (χ4n) is 3.81. The molecule has 156 valence electrons. The summed E-state index contributed by atoms with van der Waals surface area (Å²) in [5, 5.41) is 11.4. The second-order valence-corrected chi connectivity index (χ2v) is 7.27. The third kappa shape index (κ3) is 3.43. The second-order valence-electron chi connectivity index (χ2n) is 7.27. The van der Waals surface area contributed by atoms with Gasteiger partial charge in [0, 0.05) is 28.8 Å². The average molecular weight is 418 g/mol. The van der Waals surface area contributed by atoms with E-state index >= 15 is 0 Å². The van der Waals surface area contributed by atoms with E-state index in [1.807, 2.05) is 0 Å². The molecule has 1 aliphatic heterocycles. The highest BCUT2D eigenvalue weighted by Crippen LogP contribution is 2.30. The van der Waals surface area contributed by atoms with E-state index in [9.17, 15) is 9.18 Å². The molecule has 0 saturated heterocycles. The monoisotopic (exact) mass is 418 g/mol. The lowest BCUT2D eigenvalue weighted by Gasteiger charge is -2.21. The predicted molar refractivity (Wildman–Crippen MR) is 112 cm³/mol. The number of benzene rings is 2. The third-order valence-electron chi connectivity index (χ3n) is 5.39. The zero-order valence-corrected chi connectivity index (χ0v) is 16.5. The molecule has 31 heavy (non-hydrogen) atoms. The van der Waals surface area contributed by atoms with Crippen LogP contribution in [0.5, 0.6) is 5.75 Å². The molecule has 0 spiro atoms. The normalized spacial score (nSPS) is 12.9. The SMILES string of the molecule is NC(=O)c1ccc(-c2cnc(NCc3c(F)ccc4c3CCCO4)c3nncn23)cc1. The molecule has 0 aliphatic carbocycles. The van der Waals surface area contributed by atoms with Crippen molar-refractivity contribution in [2.75, 3.05) is 11.9 Å². The highest BCUT2D eigenvalue weighted by Gasteiger charge is 2.19. The molecular weight excluding hydrogens is 399 g/mol. The number of ether oxygens (including phenoxy) is 1. The van der Waals surface area contributed by atoms with E-state index in [0.717, 1.165) is 35.4 Å². The number of aromatic nitrogens is 4. The van der Waals surface area contributed by atoms with Crippen molar-refractivity contribution in [2.45, 2.75) is 19.4 Å². The molecular formula is C22H19FN6O2. The Morgan fingerprint density at radius 2 is 2.06 bits per heavy atom. The van der Waals surface area contributed by atoms with E-state index < -0.39 is 5.91 Å². The van der Waals surface area contributed by atoms with Crippen molar-refractivity contribution in [3.8, 4) is 17.0 Å². The summed E-state index contributed by atoms with van der Waals surface area (Å²) in [6.45, 7) is 0.899. The molecule has 1 amide bonds.